The molecular formula is C4H4F2N2O2Pt. The van der Waals surface area contributed by atoms with E-state index in [-0.39, 0.29) is 36.0 Å². The van der Waals surface area contributed by atoms with E-state index in [2.05, 4.69) is 4.98 Å². The summed E-state index contributed by atoms with van der Waals surface area (Å²) in [6.45, 7) is 0. The van der Waals surface area contributed by atoms with Crippen LogP contribution < -0.4 is 11.2 Å². The number of aromatic nitrogens is 2. The van der Waals surface area contributed by atoms with Crippen LogP contribution in [0.25, 0.3) is 0 Å². The molecule has 2 N–H and O–H groups in total. The number of hydrogen-bond donors (Lipinski definition) is 2. The van der Waals surface area contributed by atoms with E-state index >= 15 is 0 Å². The molecule has 1 aromatic rings. The Labute approximate surface area is 74.0 Å². The molecule has 0 saturated heterocycles. The predicted octanol–water partition coefficient (Wildman–Crippen LogP) is -0.0989. The molecule has 0 unspecified atom stereocenters. The van der Waals surface area contributed by atoms with Crippen LogP contribution in [0, 0.1) is 0 Å². The fraction of sp³-hybridized carbons (Fsp3) is 0. The van der Waals surface area contributed by atoms with Crippen LogP contribution in [0.1, 0.15) is 0 Å². The van der Waals surface area contributed by atoms with Crippen LogP contribution in [-0.2, 0) is 21.1 Å². The molecule has 0 aliphatic heterocycles. The van der Waals surface area contributed by atoms with Gasteiger partial charge in [0.1, 0.15) is 0 Å². The maximum Gasteiger partial charge on any atom is 0.325 e. The van der Waals surface area contributed by atoms with Crippen LogP contribution in [0.3, 0.4) is 0 Å². The SMILES string of the molecule is O=c1cc[nH]c(=O)[nH]1.[F].[F].[Pt]. The van der Waals surface area contributed by atoms with E-state index in [9.17, 15) is 9.59 Å². The van der Waals surface area contributed by atoms with Crippen molar-refractivity contribution in [1.82, 2.24) is 9.97 Å². The third-order valence-electron chi connectivity index (χ3n) is 0.686. The number of rotatable bonds is 0. The molecule has 0 atom stereocenters. The molecule has 7 heteroatoms. The van der Waals surface area contributed by atoms with Crippen molar-refractivity contribution in [3.05, 3.63) is 33.1 Å². The van der Waals surface area contributed by atoms with Crippen LogP contribution in [0.5, 0.6) is 0 Å². The second-order valence-electron chi connectivity index (χ2n) is 1.30. The summed E-state index contributed by atoms with van der Waals surface area (Å²) in [5.74, 6) is 0. The number of hydrogen-bond acceptors (Lipinski definition) is 2. The monoisotopic (exact) mass is 345 g/mol. The molecule has 11 heavy (non-hydrogen) atoms. The summed E-state index contributed by atoms with van der Waals surface area (Å²) in [5.41, 5.74) is -0.855. The Kier molecular flexibility index (Phi) is 11.1. The van der Waals surface area contributed by atoms with Gasteiger partial charge in [-0.25, -0.2) is 4.79 Å². The van der Waals surface area contributed by atoms with Crippen molar-refractivity contribution in [1.29, 1.82) is 0 Å². The Morgan fingerprint density at radius 1 is 1.18 bits per heavy atom. The Hall–Kier alpha value is -0.772. The zero-order valence-corrected chi connectivity index (χ0v) is 7.32. The van der Waals surface area contributed by atoms with Crippen molar-refractivity contribution in [3.63, 3.8) is 0 Å². The molecule has 1 aromatic heterocycles. The number of halogens is 2. The zero-order chi connectivity index (χ0) is 5.98. The minimum Gasteiger partial charge on any atom is -0.314 e. The van der Waals surface area contributed by atoms with E-state index in [1.807, 2.05) is 4.98 Å². The van der Waals surface area contributed by atoms with Crippen molar-refractivity contribution < 1.29 is 30.5 Å². The molecule has 0 saturated carbocycles. The summed E-state index contributed by atoms with van der Waals surface area (Å²) in [5, 5.41) is 0. The minimum atomic E-state index is -0.475. The molecule has 0 amide bonds. The van der Waals surface area contributed by atoms with Crippen LogP contribution in [0.15, 0.2) is 21.9 Å². The van der Waals surface area contributed by atoms with Gasteiger partial charge in [0, 0.05) is 42.7 Å². The molecule has 4 nitrogen and oxygen atoms in total. The van der Waals surface area contributed by atoms with Gasteiger partial charge in [-0.3, -0.25) is 9.78 Å². The Bertz CT molecular complexity index is 258. The fourth-order valence-electron chi connectivity index (χ4n) is 0.383. The van der Waals surface area contributed by atoms with Crippen molar-refractivity contribution in [2.75, 3.05) is 0 Å². The van der Waals surface area contributed by atoms with Gasteiger partial charge >= 0.3 is 5.69 Å². The fourth-order valence-corrected chi connectivity index (χ4v) is 0.383. The average Bonchev–Trinajstić information content (AvgIpc) is 1.64. The first-order valence-corrected chi connectivity index (χ1v) is 2.07. The zero-order valence-electron chi connectivity index (χ0n) is 5.04. The predicted molar refractivity (Wildman–Crippen MR) is 29.9 cm³/mol. The normalized spacial score (nSPS) is 6.55. The second-order valence-corrected chi connectivity index (χ2v) is 1.30. The van der Waals surface area contributed by atoms with E-state index < -0.39 is 5.69 Å². The molecule has 1 heterocycles. The smallest absolute Gasteiger partial charge is 0.314 e. The maximum absolute atomic E-state index is 10.2. The van der Waals surface area contributed by atoms with Crippen molar-refractivity contribution in [2.24, 2.45) is 0 Å². The van der Waals surface area contributed by atoms with E-state index in [1.165, 1.54) is 12.3 Å². The second kappa shape index (κ2) is 7.34. The molecule has 0 aliphatic carbocycles. The minimum absolute atomic E-state index is 0. The van der Waals surface area contributed by atoms with Gasteiger partial charge in [0.15, 0.2) is 0 Å². The van der Waals surface area contributed by atoms with Crippen LogP contribution in [0.2, 0.25) is 0 Å². The first-order valence-electron chi connectivity index (χ1n) is 2.07. The first-order chi connectivity index (χ1) is 3.79. The molecule has 0 spiro atoms. The number of aromatic amines is 2. The van der Waals surface area contributed by atoms with E-state index in [4.69, 9.17) is 0 Å². The Morgan fingerprint density at radius 2 is 1.73 bits per heavy atom. The van der Waals surface area contributed by atoms with Gasteiger partial charge in [0.05, 0.1) is 0 Å². The molecule has 66 valence electrons. The van der Waals surface area contributed by atoms with Crippen molar-refractivity contribution in [3.8, 4) is 0 Å². The van der Waals surface area contributed by atoms with E-state index in [1.54, 1.807) is 0 Å². The molecule has 0 aliphatic rings. The Balaban J connectivity index is -0.000000213. The molecule has 0 fully saturated rings. The van der Waals surface area contributed by atoms with Gasteiger partial charge in [0.25, 0.3) is 5.56 Å². The van der Waals surface area contributed by atoms with Gasteiger partial charge in [0.2, 0.25) is 0 Å². The Morgan fingerprint density at radius 3 is 2.00 bits per heavy atom. The summed E-state index contributed by atoms with van der Waals surface area (Å²) >= 11 is 0. The van der Waals surface area contributed by atoms with Gasteiger partial charge in [-0.1, -0.05) is 0 Å². The molecular weight excluding hydrogens is 341 g/mol. The summed E-state index contributed by atoms with van der Waals surface area (Å²) in [6.07, 6.45) is 1.29. The van der Waals surface area contributed by atoms with Gasteiger partial charge in [-0.05, 0) is 0 Å². The third-order valence-corrected chi connectivity index (χ3v) is 0.686. The molecule has 0 bridgehead atoms. The van der Waals surface area contributed by atoms with Crippen molar-refractivity contribution in [2.45, 2.75) is 0 Å². The quantitative estimate of drug-likeness (QED) is 0.690. The van der Waals surface area contributed by atoms with Gasteiger partial charge in [-0.15, -0.1) is 0 Å². The summed E-state index contributed by atoms with van der Waals surface area (Å²) in [4.78, 5) is 24.7. The average molecular weight is 345 g/mol. The van der Waals surface area contributed by atoms with Crippen LogP contribution >= 0.6 is 0 Å². The van der Waals surface area contributed by atoms with Gasteiger partial charge in [-0.2, -0.15) is 0 Å². The largest absolute Gasteiger partial charge is 0.325 e. The maximum atomic E-state index is 10.2. The van der Waals surface area contributed by atoms with Gasteiger partial charge < -0.3 is 4.98 Å². The van der Waals surface area contributed by atoms with Crippen LogP contribution in [0.4, 0.5) is 9.41 Å². The van der Waals surface area contributed by atoms with E-state index in [0.717, 1.165) is 0 Å². The molecule has 2 radical (unpaired) electrons. The van der Waals surface area contributed by atoms with E-state index in [0.29, 0.717) is 0 Å². The molecule has 1 rings (SSSR count). The number of nitrogens with one attached hydrogen (secondary N) is 2. The van der Waals surface area contributed by atoms with Crippen LogP contribution in [-0.4, -0.2) is 9.97 Å². The standard InChI is InChI=1S/C4H4N2O2.2F.Pt/c7-3-1-2-5-4(8)6-3;;;/h1-2H,(H2,5,6,7,8);;;. The molecule has 0 aromatic carbocycles. The summed E-state index contributed by atoms with van der Waals surface area (Å²) in [7, 11) is 0. The number of H-pyrrole nitrogens is 2. The summed E-state index contributed by atoms with van der Waals surface area (Å²) in [6, 6.07) is 1.24. The topological polar surface area (TPSA) is 65.7 Å². The summed E-state index contributed by atoms with van der Waals surface area (Å²) < 4.78 is 0. The van der Waals surface area contributed by atoms with Crippen molar-refractivity contribution >= 4 is 0 Å². The third kappa shape index (κ3) is 5.66. The first kappa shape index (κ1) is 16.7.